The van der Waals surface area contributed by atoms with E-state index in [1.54, 1.807) is 0 Å². The van der Waals surface area contributed by atoms with E-state index in [0.717, 1.165) is 18.2 Å². The minimum absolute atomic E-state index is 0.00688. The molecule has 8 nitrogen and oxygen atoms in total. The Morgan fingerprint density at radius 2 is 1.85 bits per heavy atom. The van der Waals surface area contributed by atoms with Crippen molar-refractivity contribution in [2.24, 2.45) is 0 Å². The summed E-state index contributed by atoms with van der Waals surface area (Å²) in [5.41, 5.74) is -0.550. The maximum Gasteiger partial charge on any atom is 0.339 e. The monoisotopic (exact) mass is 380 g/mol. The number of carbonyl (C=O) groups excluding carboxylic acids is 2. The van der Waals surface area contributed by atoms with Crippen molar-refractivity contribution in [3.63, 3.8) is 0 Å². The third-order valence-corrected chi connectivity index (χ3v) is 3.46. The summed E-state index contributed by atoms with van der Waals surface area (Å²) >= 11 is 0. The molecular weight excluding hydrogens is 366 g/mol. The number of nitro benzene ring substituents is 1. The maximum absolute atomic E-state index is 13.2. The number of hydrogen-bond donors (Lipinski definition) is 1. The number of ether oxygens (including phenoxy) is 2. The van der Waals surface area contributed by atoms with Crippen molar-refractivity contribution in [2.75, 3.05) is 12.4 Å². The number of rotatable bonds is 6. The molecule has 10 heteroatoms. The predicted octanol–water partition coefficient (Wildman–Crippen LogP) is 3.07. The molecule has 2 aromatic rings. The molecule has 1 unspecified atom stereocenters. The summed E-state index contributed by atoms with van der Waals surface area (Å²) in [5.74, 6) is -4.04. The van der Waals surface area contributed by atoms with Crippen LogP contribution in [0.4, 0.5) is 20.2 Å². The second-order valence-electron chi connectivity index (χ2n) is 5.31. The van der Waals surface area contributed by atoms with Crippen LogP contribution in [0.5, 0.6) is 5.75 Å². The van der Waals surface area contributed by atoms with Crippen LogP contribution in [0.2, 0.25) is 0 Å². The van der Waals surface area contributed by atoms with Gasteiger partial charge in [0.25, 0.3) is 11.6 Å². The summed E-state index contributed by atoms with van der Waals surface area (Å²) in [4.78, 5) is 34.3. The van der Waals surface area contributed by atoms with Gasteiger partial charge in [0.05, 0.1) is 23.3 Å². The summed E-state index contributed by atoms with van der Waals surface area (Å²) in [6.07, 6.45) is -1.32. The van der Waals surface area contributed by atoms with Gasteiger partial charge in [0.15, 0.2) is 17.7 Å². The summed E-state index contributed by atoms with van der Waals surface area (Å²) in [7, 11) is 1.31. The fourth-order valence-electron chi connectivity index (χ4n) is 2.05. The van der Waals surface area contributed by atoms with E-state index in [0.29, 0.717) is 6.07 Å². The molecule has 0 fully saturated rings. The number of nitrogens with zero attached hydrogens (tertiary/aromatic N) is 1. The van der Waals surface area contributed by atoms with Crippen LogP contribution in [0.15, 0.2) is 36.4 Å². The molecule has 0 aliphatic rings. The molecule has 1 amide bonds. The molecule has 2 aromatic carbocycles. The first-order valence-corrected chi connectivity index (χ1v) is 7.52. The van der Waals surface area contributed by atoms with E-state index in [-0.39, 0.29) is 22.7 Å². The molecule has 0 aliphatic heterocycles. The zero-order chi connectivity index (χ0) is 20.1. The highest BCUT2D eigenvalue weighted by Gasteiger charge is 2.22. The molecule has 142 valence electrons. The highest BCUT2D eigenvalue weighted by atomic mass is 19.2. The molecule has 0 radical (unpaired) electrons. The number of halogens is 2. The summed E-state index contributed by atoms with van der Waals surface area (Å²) in [6, 6.07) is 5.98. The Hall–Kier alpha value is -3.56. The van der Waals surface area contributed by atoms with Crippen molar-refractivity contribution in [2.45, 2.75) is 13.0 Å². The number of amides is 1. The highest BCUT2D eigenvalue weighted by molar-refractivity contribution is 5.98. The minimum Gasteiger partial charge on any atom is -0.495 e. The Bertz CT molecular complexity index is 903. The molecule has 0 heterocycles. The molecule has 1 atom stereocenters. The van der Waals surface area contributed by atoms with Crippen LogP contribution in [0, 0.1) is 21.7 Å². The van der Waals surface area contributed by atoms with Gasteiger partial charge in [-0.1, -0.05) is 0 Å². The Kier molecular flexibility index (Phi) is 6.01. The van der Waals surface area contributed by atoms with Crippen LogP contribution in [-0.2, 0) is 9.53 Å². The number of non-ortho nitro benzene ring substituents is 1. The van der Waals surface area contributed by atoms with Crippen LogP contribution in [-0.4, -0.2) is 30.0 Å². The summed E-state index contributed by atoms with van der Waals surface area (Å²) in [6.45, 7) is 1.25. The lowest BCUT2D eigenvalue weighted by Gasteiger charge is -2.15. The molecule has 0 spiro atoms. The van der Waals surface area contributed by atoms with Crippen molar-refractivity contribution < 1.29 is 32.8 Å². The van der Waals surface area contributed by atoms with E-state index in [9.17, 15) is 28.5 Å². The smallest absolute Gasteiger partial charge is 0.339 e. The van der Waals surface area contributed by atoms with Crippen molar-refractivity contribution in [3.8, 4) is 5.75 Å². The van der Waals surface area contributed by atoms with E-state index < -0.39 is 34.5 Å². The quantitative estimate of drug-likeness (QED) is 0.469. The second-order valence-corrected chi connectivity index (χ2v) is 5.31. The molecule has 27 heavy (non-hydrogen) atoms. The van der Waals surface area contributed by atoms with Gasteiger partial charge in [0.1, 0.15) is 5.75 Å². The number of anilines is 1. The zero-order valence-electron chi connectivity index (χ0n) is 14.2. The molecule has 2 rings (SSSR count). The lowest BCUT2D eigenvalue weighted by Crippen LogP contribution is -2.30. The van der Waals surface area contributed by atoms with Gasteiger partial charge in [-0.2, -0.15) is 0 Å². The average Bonchev–Trinajstić information content (AvgIpc) is 2.63. The number of hydrogen-bond acceptors (Lipinski definition) is 6. The van der Waals surface area contributed by atoms with Crippen molar-refractivity contribution >= 4 is 23.3 Å². The molecule has 0 aliphatic carbocycles. The third kappa shape index (κ3) is 4.75. The molecule has 1 N–H and O–H groups in total. The third-order valence-electron chi connectivity index (χ3n) is 3.46. The molecule has 0 bridgehead atoms. The van der Waals surface area contributed by atoms with E-state index in [4.69, 9.17) is 9.47 Å². The van der Waals surface area contributed by atoms with Gasteiger partial charge in [-0.25, -0.2) is 13.6 Å². The van der Waals surface area contributed by atoms with Gasteiger partial charge in [0, 0.05) is 12.1 Å². The summed E-state index contributed by atoms with van der Waals surface area (Å²) in [5, 5.41) is 13.2. The fourth-order valence-corrected chi connectivity index (χ4v) is 2.05. The minimum atomic E-state index is -1.32. The van der Waals surface area contributed by atoms with E-state index in [2.05, 4.69) is 5.32 Å². The lowest BCUT2D eigenvalue weighted by atomic mass is 10.2. The van der Waals surface area contributed by atoms with E-state index in [1.165, 1.54) is 26.2 Å². The predicted molar refractivity (Wildman–Crippen MR) is 89.5 cm³/mol. The number of nitrogens with one attached hydrogen (secondary N) is 1. The highest BCUT2D eigenvalue weighted by Crippen LogP contribution is 2.29. The first-order chi connectivity index (χ1) is 12.7. The Labute approximate surface area is 151 Å². The van der Waals surface area contributed by atoms with Gasteiger partial charge in [0.2, 0.25) is 0 Å². The van der Waals surface area contributed by atoms with Crippen LogP contribution < -0.4 is 10.1 Å². The van der Waals surface area contributed by atoms with Gasteiger partial charge in [-0.3, -0.25) is 14.9 Å². The largest absolute Gasteiger partial charge is 0.495 e. The fraction of sp³-hybridized carbons (Fsp3) is 0.176. The number of carbonyl (C=O) groups is 2. The van der Waals surface area contributed by atoms with Gasteiger partial charge >= 0.3 is 5.97 Å². The Morgan fingerprint density at radius 3 is 2.44 bits per heavy atom. The number of esters is 1. The summed E-state index contributed by atoms with van der Waals surface area (Å²) < 4.78 is 36.0. The first-order valence-electron chi connectivity index (χ1n) is 7.52. The average molecular weight is 380 g/mol. The normalized spacial score (nSPS) is 11.4. The van der Waals surface area contributed by atoms with Crippen molar-refractivity contribution in [1.29, 1.82) is 0 Å². The zero-order valence-corrected chi connectivity index (χ0v) is 14.2. The number of benzene rings is 2. The van der Waals surface area contributed by atoms with Crippen molar-refractivity contribution in [3.05, 3.63) is 63.7 Å². The first kappa shape index (κ1) is 19.8. The van der Waals surface area contributed by atoms with Crippen molar-refractivity contribution in [1.82, 2.24) is 0 Å². The SMILES string of the molecule is COc1ccc([N+](=O)[O-])cc1NC(=O)C(C)OC(=O)c1ccc(F)c(F)c1. The van der Waals surface area contributed by atoms with Gasteiger partial charge < -0.3 is 14.8 Å². The lowest BCUT2D eigenvalue weighted by molar-refractivity contribution is -0.384. The van der Waals surface area contributed by atoms with Crippen LogP contribution in [0.1, 0.15) is 17.3 Å². The topological polar surface area (TPSA) is 108 Å². The number of nitro groups is 1. The maximum atomic E-state index is 13.2. The van der Waals surface area contributed by atoms with Crippen LogP contribution in [0.25, 0.3) is 0 Å². The van der Waals surface area contributed by atoms with Crippen LogP contribution >= 0.6 is 0 Å². The van der Waals surface area contributed by atoms with Crippen LogP contribution in [0.3, 0.4) is 0 Å². The Morgan fingerprint density at radius 1 is 1.15 bits per heavy atom. The van der Waals surface area contributed by atoms with E-state index in [1.807, 2.05) is 0 Å². The standard InChI is InChI=1S/C17H14F2N2O6/c1-9(27-17(23)10-3-5-12(18)13(19)7-10)16(22)20-14-8-11(21(24)25)4-6-15(14)26-2/h3-9H,1-2H3,(H,20,22). The Balaban J connectivity index is 2.11. The van der Waals surface area contributed by atoms with E-state index >= 15 is 0 Å². The number of methoxy groups -OCH3 is 1. The van der Waals surface area contributed by atoms with Gasteiger partial charge in [-0.15, -0.1) is 0 Å². The molecular formula is C17H14F2N2O6. The second kappa shape index (κ2) is 8.21. The van der Waals surface area contributed by atoms with Gasteiger partial charge in [-0.05, 0) is 31.2 Å². The molecule has 0 saturated heterocycles. The molecule has 0 aromatic heterocycles. The molecule has 0 saturated carbocycles.